The Morgan fingerprint density at radius 3 is 2.69 bits per heavy atom. The molecule has 1 aromatic rings. The topological polar surface area (TPSA) is 62.4 Å². The van der Waals surface area contributed by atoms with Crippen LogP contribution in [0.2, 0.25) is 0 Å². The van der Waals surface area contributed by atoms with Crippen LogP contribution in [0, 0.1) is 13.8 Å². The molecule has 0 aliphatic carbocycles. The van der Waals surface area contributed by atoms with E-state index in [0.717, 1.165) is 22.6 Å². The van der Waals surface area contributed by atoms with Crippen LogP contribution in [0.3, 0.4) is 0 Å². The Kier molecular flexibility index (Phi) is 4.20. The van der Waals surface area contributed by atoms with E-state index in [9.17, 15) is 0 Å². The van der Waals surface area contributed by atoms with Gasteiger partial charge in [0.2, 0.25) is 0 Å². The van der Waals surface area contributed by atoms with Gasteiger partial charge in [-0.2, -0.15) is 0 Å². The molecule has 0 bridgehead atoms. The Morgan fingerprint density at radius 2 is 2.19 bits per heavy atom. The molecular formula is C11H17N3OS. The molecular weight excluding hydrogens is 222 g/mol. The number of nitrogens with zero attached hydrogens (tertiary/aromatic N) is 2. The quantitative estimate of drug-likeness (QED) is 0.760. The Balaban J connectivity index is 3.29. The van der Waals surface area contributed by atoms with Gasteiger partial charge in [-0.3, -0.25) is 4.98 Å². The van der Waals surface area contributed by atoms with Crippen LogP contribution >= 0.6 is 12.2 Å². The van der Waals surface area contributed by atoms with E-state index in [1.54, 1.807) is 0 Å². The van der Waals surface area contributed by atoms with Crippen molar-refractivity contribution in [2.45, 2.75) is 13.8 Å². The monoisotopic (exact) mass is 239 g/mol. The van der Waals surface area contributed by atoms with E-state index >= 15 is 0 Å². The van der Waals surface area contributed by atoms with Crippen molar-refractivity contribution < 1.29 is 5.11 Å². The molecule has 0 aliphatic heterocycles. The summed E-state index contributed by atoms with van der Waals surface area (Å²) in [6.45, 7) is 4.44. The van der Waals surface area contributed by atoms with E-state index in [1.165, 1.54) is 0 Å². The Labute approximate surface area is 101 Å². The molecule has 0 fully saturated rings. The molecule has 3 N–H and O–H groups in total. The number of hydrogen-bond acceptors (Lipinski definition) is 4. The summed E-state index contributed by atoms with van der Waals surface area (Å²) in [4.78, 5) is 6.61. The first-order valence-electron chi connectivity index (χ1n) is 5.07. The standard InChI is InChI=1S/C11H17N3OS/c1-7-6-9(14(3)4-5-15)10(11(12)16)8(2)13-7/h6,15H,4-5H2,1-3H3,(H2,12,16). The van der Waals surface area contributed by atoms with Crippen molar-refractivity contribution >= 4 is 22.9 Å². The van der Waals surface area contributed by atoms with Gasteiger partial charge in [0, 0.05) is 25.0 Å². The number of likely N-dealkylation sites (N-methyl/N-ethyl adjacent to an activating group) is 1. The Morgan fingerprint density at radius 1 is 1.56 bits per heavy atom. The van der Waals surface area contributed by atoms with Gasteiger partial charge in [0.25, 0.3) is 0 Å². The molecule has 0 spiro atoms. The number of hydrogen-bond donors (Lipinski definition) is 2. The van der Waals surface area contributed by atoms with E-state index in [0.29, 0.717) is 11.5 Å². The van der Waals surface area contributed by atoms with Gasteiger partial charge in [-0.25, -0.2) is 0 Å². The average molecular weight is 239 g/mol. The molecule has 0 amide bonds. The first-order valence-corrected chi connectivity index (χ1v) is 5.48. The minimum Gasteiger partial charge on any atom is -0.395 e. The third kappa shape index (κ3) is 2.68. The van der Waals surface area contributed by atoms with Gasteiger partial charge in [-0.1, -0.05) is 12.2 Å². The van der Waals surface area contributed by atoms with Crippen LogP contribution in [0.1, 0.15) is 17.0 Å². The average Bonchev–Trinajstić information content (AvgIpc) is 2.15. The van der Waals surface area contributed by atoms with E-state index in [1.807, 2.05) is 31.9 Å². The van der Waals surface area contributed by atoms with Gasteiger partial charge in [0.15, 0.2) is 0 Å². The lowest BCUT2D eigenvalue weighted by Gasteiger charge is -2.22. The molecule has 0 aromatic carbocycles. The molecule has 1 rings (SSSR count). The van der Waals surface area contributed by atoms with Crippen molar-refractivity contribution in [1.29, 1.82) is 0 Å². The van der Waals surface area contributed by atoms with Crippen molar-refractivity contribution in [3.05, 3.63) is 23.0 Å². The summed E-state index contributed by atoms with van der Waals surface area (Å²) in [5, 5.41) is 8.94. The summed E-state index contributed by atoms with van der Waals surface area (Å²) in [6, 6.07) is 1.93. The SMILES string of the molecule is Cc1cc(N(C)CCO)c(C(N)=S)c(C)n1. The summed E-state index contributed by atoms with van der Waals surface area (Å²) < 4.78 is 0. The lowest BCUT2D eigenvalue weighted by Crippen LogP contribution is -2.26. The highest BCUT2D eigenvalue weighted by molar-refractivity contribution is 7.80. The fourth-order valence-electron chi connectivity index (χ4n) is 1.68. The van der Waals surface area contributed by atoms with Gasteiger partial charge in [0.05, 0.1) is 17.9 Å². The number of rotatable bonds is 4. The van der Waals surface area contributed by atoms with E-state index in [-0.39, 0.29) is 6.61 Å². The van der Waals surface area contributed by atoms with Crippen molar-refractivity contribution in [2.24, 2.45) is 5.73 Å². The van der Waals surface area contributed by atoms with Gasteiger partial charge < -0.3 is 15.7 Å². The van der Waals surface area contributed by atoms with Crippen LogP contribution in [0.5, 0.6) is 0 Å². The number of aliphatic hydroxyl groups excluding tert-OH is 1. The van der Waals surface area contributed by atoms with E-state index in [2.05, 4.69) is 4.98 Å². The zero-order valence-electron chi connectivity index (χ0n) is 9.82. The third-order valence-electron chi connectivity index (χ3n) is 2.40. The molecule has 0 unspecified atom stereocenters. The summed E-state index contributed by atoms with van der Waals surface area (Å²) in [5.41, 5.74) is 9.15. The highest BCUT2D eigenvalue weighted by atomic mass is 32.1. The van der Waals surface area contributed by atoms with Crippen LogP contribution in [0.25, 0.3) is 0 Å². The first kappa shape index (κ1) is 12.9. The predicted molar refractivity (Wildman–Crippen MR) is 70.0 cm³/mol. The molecule has 0 saturated carbocycles. The molecule has 1 aromatic heterocycles. The molecule has 0 atom stereocenters. The fourth-order valence-corrected chi connectivity index (χ4v) is 1.94. The van der Waals surface area contributed by atoms with Gasteiger partial charge in [-0.15, -0.1) is 0 Å². The number of aryl methyl sites for hydroxylation is 2. The number of nitrogens with two attached hydrogens (primary N) is 1. The summed E-state index contributed by atoms with van der Waals surface area (Å²) in [7, 11) is 1.90. The smallest absolute Gasteiger partial charge is 0.107 e. The molecule has 4 nitrogen and oxygen atoms in total. The molecule has 5 heteroatoms. The zero-order valence-corrected chi connectivity index (χ0v) is 10.6. The highest BCUT2D eigenvalue weighted by Gasteiger charge is 2.13. The molecule has 0 saturated heterocycles. The van der Waals surface area contributed by atoms with Gasteiger partial charge in [0.1, 0.15) is 4.99 Å². The Hall–Kier alpha value is -1.20. The number of thiocarbonyl (C=S) groups is 1. The second-order valence-electron chi connectivity index (χ2n) is 3.75. The maximum atomic E-state index is 8.94. The molecule has 16 heavy (non-hydrogen) atoms. The third-order valence-corrected chi connectivity index (χ3v) is 2.60. The van der Waals surface area contributed by atoms with Crippen LogP contribution in [-0.4, -0.2) is 35.3 Å². The number of pyridine rings is 1. The maximum Gasteiger partial charge on any atom is 0.107 e. The summed E-state index contributed by atoms with van der Waals surface area (Å²) in [5.74, 6) is 0. The van der Waals surface area contributed by atoms with Gasteiger partial charge >= 0.3 is 0 Å². The molecule has 0 radical (unpaired) electrons. The molecule has 0 aliphatic rings. The number of aliphatic hydroxyl groups is 1. The maximum absolute atomic E-state index is 8.94. The molecule has 88 valence electrons. The van der Waals surface area contributed by atoms with Crippen molar-refractivity contribution in [1.82, 2.24) is 4.98 Å². The van der Waals surface area contributed by atoms with E-state index in [4.69, 9.17) is 23.1 Å². The normalized spacial score (nSPS) is 10.2. The van der Waals surface area contributed by atoms with Crippen LogP contribution in [0.15, 0.2) is 6.07 Å². The Bertz CT molecular complexity index is 406. The van der Waals surface area contributed by atoms with Crippen LogP contribution in [-0.2, 0) is 0 Å². The van der Waals surface area contributed by atoms with Crippen LogP contribution < -0.4 is 10.6 Å². The van der Waals surface area contributed by atoms with E-state index < -0.39 is 0 Å². The largest absolute Gasteiger partial charge is 0.395 e. The lowest BCUT2D eigenvalue weighted by molar-refractivity contribution is 0.304. The van der Waals surface area contributed by atoms with Crippen molar-refractivity contribution in [3.8, 4) is 0 Å². The lowest BCUT2D eigenvalue weighted by atomic mass is 10.1. The minimum atomic E-state index is 0.0910. The van der Waals surface area contributed by atoms with Crippen molar-refractivity contribution in [2.75, 3.05) is 25.1 Å². The predicted octanol–water partition coefficient (Wildman–Crippen LogP) is 0.761. The molecule has 1 heterocycles. The first-order chi connectivity index (χ1) is 7.47. The highest BCUT2D eigenvalue weighted by Crippen LogP contribution is 2.22. The summed E-state index contributed by atoms with van der Waals surface area (Å²) >= 11 is 5.03. The second kappa shape index (κ2) is 5.23. The van der Waals surface area contributed by atoms with Gasteiger partial charge in [-0.05, 0) is 19.9 Å². The fraction of sp³-hybridized carbons (Fsp3) is 0.455. The van der Waals surface area contributed by atoms with Crippen LogP contribution in [0.4, 0.5) is 5.69 Å². The number of aromatic nitrogens is 1. The zero-order chi connectivity index (χ0) is 12.3. The van der Waals surface area contributed by atoms with Crippen molar-refractivity contribution in [3.63, 3.8) is 0 Å². The second-order valence-corrected chi connectivity index (χ2v) is 4.19. The summed E-state index contributed by atoms with van der Waals surface area (Å²) in [6.07, 6.45) is 0. The minimum absolute atomic E-state index is 0.0910. The number of anilines is 1.